The molecule has 2 N–H and O–H groups in total. The predicted octanol–water partition coefficient (Wildman–Crippen LogP) is 2.58. The minimum Gasteiger partial charge on any atom is -0.474 e. The van der Waals surface area contributed by atoms with Crippen LogP contribution in [-0.4, -0.2) is 68.3 Å². The Hall–Kier alpha value is -3.40. The van der Waals surface area contributed by atoms with Gasteiger partial charge in [-0.05, 0) is 18.9 Å². The van der Waals surface area contributed by atoms with Crippen LogP contribution in [0, 0.1) is 6.92 Å². The van der Waals surface area contributed by atoms with Crippen LogP contribution in [0.2, 0.25) is 0 Å². The number of nitrogens with zero attached hydrogens (tertiary/aromatic N) is 4. The van der Waals surface area contributed by atoms with E-state index in [9.17, 15) is 4.79 Å². The van der Waals surface area contributed by atoms with Gasteiger partial charge in [0.1, 0.15) is 19.0 Å². The third kappa shape index (κ3) is 7.69. The fraction of sp³-hybridized carbons (Fsp3) is 0.455. The van der Waals surface area contributed by atoms with Gasteiger partial charge in [-0.25, -0.2) is 10.2 Å². The van der Waals surface area contributed by atoms with E-state index in [-0.39, 0.29) is 13.2 Å². The van der Waals surface area contributed by atoms with E-state index in [1.54, 1.807) is 12.3 Å². The van der Waals surface area contributed by atoms with Crippen molar-refractivity contribution >= 4 is 24.1 Å². The van der Waals surface area contributed by atoms with Gasteiger partial charge in [-0.15, -0.1) is 0 Å². The molecule has 0 spiro atoms. The minimum absolute atomic E-state index is 0.112. The molecule has 1 aromatic carbocycles. The average molecular weight is 443 g/mol. The first-order chi connectivity index (χ1) is 15.6. The van der Waals surface area contributed by atoms with E-state index in [1.807, 2.05) is 38.1 Å². The summed E-state index contributed by atoms with van der Waals surface area (Å²) in [7, 11) is 0. The zero-order valence-corrected chi connectivity index (χ0v) is 18.5. The number of rotatable bonds is 10. The molecule has 10 nitrogen and oxygen atoms in total. The van der Waals surface area contributed by atoms with E-state index in [1.165, 1.54) is 0 Å². The van der Waals surface area contributed by atoms with Crippen LogP contribution < -0.4 is 20.4 Å². The standard InChI is InChI=1S/C22H30N6O4/c1-3-7-23-22(29)32-13-12-31-20-15-19(28-8-10-30-11-9-28)25-21(26-20)27-24-16-18-6-4-5-17(2)14-18/h4-6,14-16H,3,7-13H2,1-2H3,(H,23,29)(H,25,26,27)/b24-16+. The maximum atomic E-state index is 11.5. The lowest BCUT2D eigenvalue weighted by Crippen LogP contribution is -2.36. The first-order valence-electron chi connectivity index (χ1n) is 10.7. The van der Waals surface area contributed by atoms with Crippen molar-refractivity contribution in [3.63, 3.8) is 0 Å². The molecule has 0 bridgehead atoms. The zero-order chi connectivity index (χ0) is 22.6. The molecular weight excluding hydrogens is 412 g/mol. The maximum absolute atomic E-state index is 11.5. The lowest BCUT2D eigenvalue weighted by atomic mass is 10.2. The lowest BCUT2D eigenvalue weighted by molar-refractivity contribution is 0.122. The summed E-state index contributed by atoms with van der Waals surface area (Å²) in [6.07, 6.45) is 2.10. The second-order valence-corrected chi connectivity index (χ2v) is 7.18. The number of benzene rings is 1. The van der Waals surface area contributed by atoms with Gasteiger partial charge in [0.2, 0.25) is 11.8 Å². The van der Waals surface area contributed by atoms with Crippen LogP contribution in [0.25, 0.3) is 0 Å². The average Bonchev–Trinajstić information content (AvgIpc) is 2.81. The Morgan fingerprint density at radius 1 is 1.25 bits per heavy atom. The van der Waals surface area contributed by atoms with Crippen molar-refractivity contribution < 1.29 is 19.0 Å². The molecule has 1 aromatic heterocycles. The van der Waals surface area contributed by atoms with Gasteiger partial charge < -0.3 is 24.4 Å². The van der Waals surface area contributed by atoms with Gasteiger partial charge in [0.25, 0.3) is 0 Å². The molecule has 0 aliphatic carbocycles. The molecule has 0 unspecified atom stereocenters. The zero-order valence-electron chi connectivity index (χ0n) is 18.5. The van der Waals surface area contributed by atoms with Gasteiger partial charge in [-0.3, -0.25) is 0 Å². The highest BCUT2D eigenvalue weighted by Gasteiger charge is 2.15. The van der Waals surface area contributed by atoms with Crippen molar-refractivity contribution in [3.8, 4) is 5.88 Å². The molecule has 172 valence electrons. The number of anilines is 2. The van der Waals surface area contributed by atoms with Crippen molar-refractivity contribution in [2.75, 3.05) is 56.4 Å². The maximum Gasteiger partial charge on any atom is 0.407 e. The molecule has 1 amide bonds. The van der Waals surface area contributed by atoms with Crippen LogP contribution in [-0.2, 0) is 9.47 Å². The highest BCUT2D eigenvalue weighted by molar-refractivity contribution is 5.80. The highest BCUT2D eigenvalue weighted by atomic mass is 16.6. The summed E-state index contributed by atoms with van der Waals surface area (Å²) in [5.74, 6) is 1.40. The number of nitrogens with one attached hydrogen (secondary N) is 2. The Morgan fingerprint density at radius 2 is 2.09 bits per heavy atom. The Kier molecular flexibility index (Phi) is 9.05. The fourth-order valence-corrected chi connectivity index (χ4v) is 2.96. The first kappa shape index (κ1) is 23.3. The second kappa shape index (κ2) is 12.5. The summed E-state index contributed by atoms with van der Waals surface area (Å²) >= 11 is 0. The first-order valence-corrected chi connectivity index (χ1v) is 10.7. The predicted molar refractivity (Wildman–Crippen MR) is 123 cm³/mol. The number of aryl methyl sites for hydroxylation is 1. The fourth-order valence-electron chi connectivity index (χ4n) is 2.96. The number of amides is 1. The summed E-state index contributed by atoms with van der Waals surface area (Å²) in [4.78, 5) is 22.6. The van der Waals surface area contributed by atoms with E-state index in [2.05, 4.69) is 30.7 Å². The monoisotopic (exact) mass is 442 g/mol. The number of hydrogen-bond donors (Lipinski definition) is 2. The molecule has 2 heterocycles. The summed E-state index contributed by atoms with van der Waals surface area (Å²) in [6.45, 7) is 7.58. The number of aromatic nitrogens is 2. The van der Waals surface area contributed by atoms with Crippen LogP contribution in [0.5, 0.6) is 5.88 Å². The van der Waals surface area contributed by atoms with Crippen molar-refractivity contribution in [1.82, 2.24) is 15.3 Å². The number of carbonyl (C=O) groups excluding carboxylic acids is 1. The van der Waals surface area contributed by atoms with Gasteiger partial charge in [0, 0.05) is 25.7 Å². The van der Waals surface area contributed by atoms with Gasteiger partial charge in [0.15, 0.2) is 0 Å². The number of alkyl carbamates (subject to hydrolysis) is 1. The molecule has 1 saturated heterocycles. The highest BCUT2D eigenvalue weighted by Crippen LogP contribution is 2.21. The SMILES string of the molecule is CCCNC(=O)OCCOc1cc(N2CCOCC2)nc(N/N=C/c2cccc(C)c2)n1. The third-order valence-corrected chi connectivity index (χ3v) is 4.53. The van der Waals surface area contributed by atoms with Crippen LogP contribution in [0.3, 0.4) is 0 Å². The van der Waals surface area contributed by atoms with Gasteiger partial charge in [-0.1, -0.05) is 36.8 Å². The largest absolute Gasteiger partial charge is 0.474 e. The number of ether oxygens (including phenoxy) is 3. The second-order valence-electron chi connectivity index (χ2n) is 7.18. The van der Waals surface area contributed by atoms with E-state index < -0.39 is 6.09 Å². The molecule has 0 atom stereocenters. The molecule has 3 rings (SSSR count). The molecule has 0 saturated carbocycles. The van der Waals surface area contributed by atoms with E-state index in [0.717, 1.165) is 30.6 Å². The van der Waals surface area contributed by atoms with Crippen LogP contribution in [0.1, 0.15) is 24.5 Å². The third-order valence-electron chi connectivity index (χ3n) is 4.53. The van der Waals surface area contributed by atoms with E-state index in [0.29, 0.717) is 37.4 Å². The van der Waals surface area contributed by atoms with Crippen molar-refractivity contribution in [2.45, 2.75) is 20.3 Å². The topological polar surface area (TPSA) is 110 Å². The van der Waals surface area contributed by atoms with Crippen molar-refractivity contribution in [2.24, 2.45) is 5.10 Å². The molecular formula is C22H30N6O4. The Balaban J connectivity index is 1.63. The number of hydrogen-bond acceptors (Lipinski definition) is 9. The molecule has 0 radical (unpaired) electrons. The number of hydrazone groups is 1. The van der Waals surface area contributed by atoms with Gasteiger partial charge in [-0.2, -0.15) is 15.1 Å². The van der Waals surface area contributed by atoms with Crippen LogP contribution >= 0.6 is 0 Å². The molecule has 10 heteroatoms. The normalized spacial score (nSPS) is 13.8. The molecule has 1 aliphatic rings. The van der Waals surface area contributed by atoms with Crippen molar-refractivity contribution in [1.29, 1.82) is 0 Å². The number of carbonyl (C=O) groups is 1. The van der Waals surface area contributed by atoms with E-state index in [4.69, 9.17) is 14.2 Å². The van der Waals surface area contributed by atoms with Crippen LogP contribution in [0.15, 0.2) is 35.4 Å². The summed E-state index contributed by atoms with van der Waals surface area (Å²) < 4.78 is 16.2. The summed E-state index contributed by atoms with van der Waals surface area (Å²) in [5, 5.41) is 6.90. The number of morpholine rings is 1. The smallest absolute Gasteiger partial charge is 0.407 e. The molecule has 32 heavy (non-hydrogen) atoms. The lowest BCUT2D eigenvalue weighted by Gasteiger charge is -2.28. The molecule has 2 aromatic rings. The minimum atomic E-state index is -0.458. The van der Waals surface area contributed by atoms with Gasteiger partial charge >= 0.3 is 6.09 Å². The molecule has 1 fully saturated rings. The quantitative estimate of drug-likeness (QED) is 0.328. The van der Waals surface area contributed by atoms with Crippen molar-refractivity contribution in [3.05, 3.63) is 41.5 Å². The summed E-state index contributed by atoms with van der Waals surface area (Å²) in [6, 6.07) is 9.76. The molecule has 1 aliphatic heterocycles. The summed E-state index contributed by atoms with van der Waals surface area (Å²) in [5.41, 5.74) is 5.00. The Bertz CT molecular complexity index is 902. The van der Waals surface area contributed by atoms with Crippen LogP contribution in [0.4, 0.5) is 16.6 Å². The van der Waals surface area contributed by atoms with Gasteiger partial charge in [0.05, 0.1) is 19.4 Å². The Labute approximate surface area is 188 Å². The van der Waals surface area contributed by atoms with E-state index >= 15 is 0 Å². The Morgan fingerprint density at radius 3 is 2.88 bits per heavy atom.